The minimum Gasteiger partial charge on any atom is -0.367 e. The normalized spacial score (nSPS) is 25.6. The molecule has 1 aliphatic heterocycles. The van der Waals surface area contributed by atoms with Gasteiger partial charge in [-0.1, -0.05) is 6.92 Å². The van der Waals surface area contributed by atoms with Gasteiger partial charge in [0.25, 0.3) is 5.56 Å². The molecule has 2 rings (SSSR count). The molecule has 0 aliphatic carbocycles. The maximum Gasteiger partial charge on any atom is 0.251 e. The highest BCUT2D eigenvalue weighted by Crippen LogP contribution is 2.31. The molecule has 4 nitrogen and oxygen atoms in total. The van der Waals surface area contributed by atoms with Crippen LogP contribution >= 0.6 is 0 Å². The number of hydrogen-bond donors (Lipinski definition) is 1. The maximum absolute atomic E-state index is 11.5. The number of rotatable bonds is 2. The fraction of sp³-hybridized carbons (Fsp3) is 0.667. The summed E-state index contributed by atoms with van der Waals surface area (Å²) in [7, 11) is 0. The van der Waals surface area contributed by atoms with E-state index in [1.807, 2.05) is 13.8 Å². The van der Waals surface area contributed by atoms with Gasteiger partial charge in [0.15, 0.2) is 0 Å². The number of nitrogens with zero attached hydrogens (tertiary/aromatic N) is 1. The van der Waals surface area contributed by atoms with Crippen LogP contribution in [0.2, 0.25) is 0 Å². The molecule has 0 amide bonds. The number of aryl methyl sites for hydroxylation is 1. The van der Waals surface area contributed by atoms with Gasteiger partial charge in [0.1, 0.15) is 11.4 Å². The Hall–Kier alpha value is -1.16. The summed E-state index contributed by atoms with van der Waals surface area (Å²) in [6.07, 6.45) is 3.90. The second-order valence-electron chi connectivity index (χ2n) is 4.48. The number of aromatic amines is 1. The fourth-order valence-corrected chi connectivity index (χ4v) is 2.06. The lowest BCUT2D eigenvalue weighted by molar-refractivity contribution is -0.0763. The number of H-pyrrole nitrogens is 1. The lowest BCUT2D eigenvalue weighted by Gasteiger charge is -2.32. The van der Waals surface area contributed by atoms with E-state index in [4.69, 9.17) is 4.74 Å². The largest absolute Gasteiger partial charge is 0.367 e. The van der Waals surface area contributed by atoms with Crippen LogP contribution in [0.1, 0.15) is 44.6 Å². The van der Waals surface area contributed by atoms with Gasteiger partial charge in [-0.25, -0.2) is 4.98 Å². The molecule has 1 aromatic rings. The summed E-state index contributed by atoms with van der Waals surface area (Å²) in [6, 6.07) is 1.55. The number of nitrogens with one attached hydrogen (secondary N) is 1. The van der Waals surface area contributed by atoms with Crippen LogP contribution in [0.4, 0.5) is 0 Å². The van der Waals surface area contributed by atoms with E-state index >= 15 is 0 Å². The first-order valence-electron chi connectivity index (χ1n) is 5.89. The van der Waals surface area contributed by atoms with Crippen LogP contribution in [0.15, 0.2) is 10.9 Å². The lowest BCUT2D eigenvalue weighted by atomic mass is 9.95. The summed E-state index contributed by atoms with van der Waals surface area (Å²) in [4.78, 5) is 18.8. The van der Waals surface area contributed by atoms with Gasteiger partial charge in [-0.2, -0.15) is 0 Å². The standard InChI is InChI=1S/C12H18N2O2/c1-3-9-8-10(15)14-11(13-9)12(2)6-4-5-7-16-12/h8H,3-7H2,1-2H3,(H,13,14,15). The molecule has 1 unspecified atom stereocenters. The van der Waals surface area contributed by atoms with E-state index < -0.39 is 5.60 Å². The molecule has 1 N–H and O–H groups in total. The molecule has 0 bridgehead atoms. The summed E-state index contributed by atoms with van der Waals surface area (Å²) >= 11 is 0. The molecule has 1 aliphatic rings. The van der Waals surface area contributed by atoms with Gasteiger partial charge in [0.05, 0.1) is 0 Å². The van der Waals surface area contributed by atoms with Gasteiger partial charge < -0.3 is 9.72 Å². The van der Waals surface area contributed by atoms with Crippen molar-refractivity contribution in [3.63, 3.8) is 0 Å². The monoisotopic (exact) mass is 222 g/mol. The van der Waals surface area contributed by atoms with Crippen LogP contribution in [0, 0.1) is 0 Å². The van der Waals surface area contributed by atoms with Gasteiger partial charge in [-0.3, -0.25) is 4.79 Å². The topological polar surface area (TPSA) is 55.0 Å². The van der Waals surface area contributed by atoms with Crippen molar-refractivity contribution in [1.82, 2.24) is 9.97 Å². The molecule has 4 heteroatoms. The van der Waals surface area contributed by atoms with Crippen molar-refractivity contribution >= 4 is 0 Å². The first-order chi connectivity index (χ1) is 7.64. The highest BCUT2D eigenvalue weighted by molar-refractivity contribution is 5.08. The highest BCUT2D eigenvalue weighted by atomic mass is 16.5. The Morgan fingerprint density at radius 2 is 2.38 bits per heavy atom. The Morgan fingerprint density at radius 1 is 1.56 bits per heavy atom. The van der Waals surface area contributed by atoms with Gasteiger partial charge in [0.2, 0.25) is 0 Å². The molecule has 0 saturated carbocycles. The zero-order valence-corrected chi connectivity index (χ0v) is 9.88. The van der Waals surface area contributed by atoms with Crippen LogP contribution in [0.25, 0.3) is 0 Å². The SMILES string of the molecule is CCc1cc(=O)[nH]c(C2(C)CCCCO2)n1. The summed E-state index contributed by atoms with van der Waals surface area (Å²) in [5, 5.41) is 0. The average Bonchev–Trinajstić information content (AvgIpc) is 2.29. The second kappa shape index (κ2) is 4.37. The van der Waals surface area contributed by atoms with Gasteiger partial charge in [0, 0.05) is 18.4 Å². The molecule has 1 saturated heterocycles. The van der Waals surface area contributed by atoms with E-state index in [1.54, 1.807) is 6.07 Å². The lowest BCUT2D eigenvalue weighted by Crippen LogP contribution is -2.34. The van der Waals surface area contributed by atoms with E-state index in [0.717, 1.165) is 38.0 Å². The molecule has 16 heavy (non-hydrogen) atoms. The first-order valence-corrected chi connectivity index (χ1v) is 5.89. The Bertz CT molecular complexity index is 419. The van der Waals surface area contributed by atoms with E-state index in [-0.39, 0.29) is 5.56 Å². The molecule has 0 spiro atoms. The maximum atomic E-state index is 11.5. The molecule has 0 radical (unpaired) electrons. The molecule has 1 atom stereocenters. The minimum atomic E-state index is -0.414. The number of ether oxygens (including phenoxy) is 1. The van der Waals surface area contributed by atoms with E-state index in [0.29, 0.717) is 5.82 Å². The third-order valence-corrected chi connectivity index (χ3v) is 3.13. The molecule has 0 aromatic carbocycles. The molecule has 1 fully saturated rings. The first kappa shape index (κ1) is 11.3. The predicted molar refractivity (Wildman–Crippen MR) is 61.4 cm³/mol. The van der Waals surface area contributed by atoms with Crippen LogP contribution < -0.4 is 5.56 Å². The minimum absolute atomic E-state index is 0.0859. The summed E-state index contributed by atoms with van der Waals surface area (Å²) in [5.41, 5.74) is 0.328. The van der Waals surface area contributed by atoms with Gasteiger partial charge in [-0.05, 0) is 32.6 Å². The average molecular weight is 222 g/mol. The third-order valence-electron chi connectivity index (χ3n) is 3.13. The number of aromatic nitrogens is 2. The summed E-state index contributed by atoms with van der Waals surface area (Å²) in [6.45, 7) is 4.75. The Balaban J connectivity index is 2.38. The van der Waals surface area contributed by atoms with Crippen molar-refractivity contribution in [2.45, 2.75) is 45.1 Å². The highest BCUT2D eigenvalue weighted by Gasteiger charge is 2.32. The van der Waals surface area contributed by atoms with Crippen LogP contribution in [0.3, 0.4) is 0 Å². The second-order valence-corrected chi connectivity index (χ2v) is 4.48. The van der Waals surface area contributed by atoms with E-state index in [2.05, 4.69) is 9.97 Å². The Kier molecular flexibility index (Phi) is 3.10. The van der Waals surface area contributed by atoms with Crippen molar-refractivity contribution in [1.29, 1.82) is 0 Å². The van der Waals surface area contributed by atoms with E-state index in [9.17, 15) is 4.79 Å². The Labute approximate surface area is 95.1 Å². The summed E-state index contributed by atoms with van der Waals surface area (Å²) < 4.78 is 5.77. The zero-order chi connectivity index (χ0) is 11.6. The molecule has 1 aromatic heterocycles. The Morgan fingerprint density at radius 3 is 3.00 bits per heavy atom. The van der Waals surface area contributed by atoms with Crippen molar-refractivity contribution in [2.24, 2.45) is 0 Å². The van der Waals surface area contributed by atoms with Gasteiger partial charge in [-0.15, -0.1) is 0 Å². The van der Waals surface area contributed by atoms with Crippen molar-refractivity contribution in [2.75, 3.05) is 6.61 Å². The van der Waals surface area contributed by atoms with Crippen LogP contribution in [-0.4, -0.2) is 16.6 Å². The molecular weight excluding hydrogens is 204 g/mol. The zero-order valence-electron chi connectivity index (χ0n) is 9.88. The number of hydrogen-bond acceptors (Lipinski definition) is 3. The molecule has 2 heterocycles. The van der Waals surface area contributed by atoms with Crippen molar-refractivity contribution < 1.29 is 4.74 Å². The summed E-state index contributed by atoms with van der Waals surface area (Å²) in [5.74, 6) is 0.677. The van der Waals surface area contributed by atoms with Crippen molar-refractivity contribution in [3.05, 3.63) is 27.9 Å². The van der Waals surface area contributed by atoms with Gasteiger partial charge >= 0.3 is 0 Å². The predicted octanol–water partition coefficient (Wildman–Crippen LogP) is 1.75. The van der Waals surface area contributed by atoms with E-state index in [1.165, 1.54) is 0 Å². The molecule has 88 valence electrons. The quantitative estimate of drug-likeness (QED) is 0.829. The van der Waals surface area contributed by atoms with Crippen LogP contribution in [0.5, 0.6) is 0 Å². The smallest absolute Gasteiger partial charge is 0.251 e. The molecular formula is C12H18N2O2. The van der Waals surface area contributed by atoms with Crippen LogP contribution in [-0.2, 0) is 16.8 Å². The third kappa shape index (κ3) is 2.16. The fourth-order valence-electron chi connectivity index (χ4n) is 2.06. The van der Waals surface area contributed by atoms with Crippen molar-refractivity contribution in [3.8, 4) is 0 Å².